The van der Waals surface area contributed by atoms with Crippen molar-refractivity contribution in [2.75, 3.05) is 0 Å². The number of aliphatic hydroxyl groups excluding tert-OH is 1. The van der Waals surface area contributed by atoms with Crippen LogP contribution in [0.25, 0.3) is 0 Å². The molecule has 0 aromatic heterocycles. The van der Waals surface area contributed by atoms with Crippen molar-refractivity contribution in [2.24, 2.45) is 11.3 Å². The van der Waals surface area contributed by atoms with Crippen LogP contribution in [-0.2, 0) is 6.42 Å². The molecule has 0 unspecified atom stereocenters. The maximum absolute atomic E-state index is 10.5. The van der Waals surface area contributed by atoms with Gasteiger partial charge in [0, 0.05) is 3.42 Å². The van der Waals surface area contributed by atoms with Crippen LogP contribution in [0.4, 0.5) is 0 Å². The third-order valence-corrected chi connectivity index (χ3v) is 8.74. The van der Waals surface area contributed by atoms with Crippen LogP contribution in [0, 0.1) is 11.3 Å². The summed E-state index contributed by atoms with van der Waals surface area (Å²) < 4.78 is 0.284. The van der Waals surface area contributed by atoms with Gasteiger partial charge in [0.05, 0.1) is 6.10 Å². The van der Waals surface area contributed by atoms with E-state index < -0.39 is 0 Å². The van der Waals surface area contributed by atoms with E-state index in [9.17, 15) is 10.2 Å². The summed E-state index contributed by atoms with van der Waals surface area (Å²) in [6, 6.07) is 5.96. The van der Waals surface area contributed by atoms with Gasteiger partial charge in [-0.3, -0.25) is 0 Å². The molecule has 0 saturated heterocycles. The Kier molecular flexibility index (Phi) is 3.14. The fourth-order valence-corrected chi connectivity index (χ4v) is 7.46. The molecular formula is C18H23IO2. The van der Waals surface area contributed by atoms with Crippen LogP contribution in [0.3, 0.4) is 0 Å². The lowest BCUT2D eigenvalue weighted by Crippen LogP contribution is -2.52. The number of hydrogen-bond acceptors (Lipinski definition) is 2. The molecule has 21 heavy (non-hydrogen) atoms. The first-order chi connectivity index (χ1) is 9.95. The van der Waals surface area contributed by atoms with E-state index in [0.717, 1.165) is 19.3 Å². The summed E-state index contributed by atoms with van der Waals surface area (Å²) in [4.78, 5) is 0. The Labute approximate surface area is 140 Å². The molecule has 1 aromatic rings. The zero-order valence-corrected chi connectivity index (χ0v) is 14.6. The average molecular weight is 398 g/mol. The van der Waals surface area contributed by atoms with Crippen LogP contribution in [0.5, 0.6) is 5.75 Å². The first kappa shape index (κ1) is 14.3. The Morgan fingerprint density at radius 2 is 2.00 bits per heavy atom. The topological polar surface area (TPSA) is 40.5 Å². The summed E-state index contributed by atoms with van der Waals surface area (Å²) in [5.41, 5.74) is 2.91. The van der Waals surface area contributed by atoms with Crippen molar-refractivity contribution in [3.8, 4) is 5.75 Å². The number of phenols is 1. The maximum Gasteiger partial charge on any atom is 0.115 e. The predicted molar refractivity (Wildman–Crippen MR) is 92.0 cm³/mol. The number of phenolic OH excluding ortho intramolecular Hbond substituents is 1. The van der Waals surface area contributed by atoms with Gasteiger partial charge in [0.25, 0.3) is 0 Å². The summed E-state index contributed by atoms with van der Waals surface area (Å²) >= 11 is 2.74. The van der Waals surface area contributed by atoms with Crippen molar-refractivity contribution >= 4 is 22.6 Å². The van der Waals surface area contributed by atoms with E-state index in [1.54, 1.807) is 0 Å². The van der Waals surface area contributed by atoms with E-state index in [0.29, 0.717) is 17.6 Å². The quantitative estimate of drug-likeness (QED) is 0.509. The maximum atomic E-state index is 10.5. The Morgan fingerprint density at radius 1 is 1.19 bits per heavy atom. The van der Waals surface area contributed by atoms with Crippen LogP contribution in [-0.4, -0.2) is 19.7 Å². The lowest BCUT2D eigenvalue weighted by atomic mass is 9.55. The zero-order valence-electron chi connectivity index (χ0n) is 12.5. The van der Waals surface area contributed by atoms with E-state index in [1.165, 1.54) is 30.4 Å². The molecule has 2 fully saturated rings. The minimum absolute atomic E-state index is 0.115. The Hall–Kier alpha value is -0.290. The van der Waals surface area contributed by atoms with Gasteiger partial charge < -0.3 is 10.2 Å². The molecule has 0 bridgehead atoms. The van der Waals surface area contributed by atoms with E-state index in [4.69, 9.17) is 0 Å². The van der Waals surface area contributed by atoms with Gasteiger partial charge in [-0.15, -0.1) is 0 Å². The zero-order chi connectivity index (χ0) is 14.8. The van der Waals surface area contributed by atoms with Crippen molar-refractivity contribution in [3.63, 3.8) is 0 Å². The lowest BCUT2D eigenvalue weighted by molar-refractivity contribution is -0.00732. The molecular weight excluding hydrogens is 375 g/mol. The number of rotatable bonds is 0. The summed E-state index contributed by atoms with van der Waals surface area (Å²) in [6.45, 7) is 2.32. The lowest BCUT2D eigenvalue weighted by Gasteiger charge is -2.55. The third-order valence-electron chi connectivity index (χ3n) is 6.70. The summed E-state index contributed by atoms with van der Waals surface area (Å²) in [6.07, 6.45) is 6.58. The van der Waals surface area contributed by atoms with Gasteiger partial charge in [0.15, 0.2) is 0 Å². The van der Waals surface area contributed by atoms with Crippen molar-refractivity contribution in [2.45, 2.75) is 60.9 Å². The van der Waals surface area contributed by atoms with Crippen molar-refractivity contribution < 1.29 is 10.2 Å². The van der Waals surface area contributed by atoms with Crippen LogP contribution >= 0.6 is 22.6 Å². The van der Waals surface area contributed by atoms with Gasteiger partial charge in [-0.25, -0.2) is 0 Å². The first-order valence-electron chi connectivity index (χ1n) is 8.14. The standard InChI is InChI=1S/C18H23IO2/c1-17-8-7-14-13-3-2-12(20)10-11(13)6-9-18(14,19)15(17)4-5-16(17)21/h2-3,10,14-16,20-21H,4-9H2,1H3/t14-,15-,16+,17+,18+/m1/s1. The van der Waals surface area contributed by atoms with E-state index in [-0.39, 0.29) is 14.9 Å². The fraction of sp³-hybridized carbons (Fsp3) is 0.667. The second kappa shape index (κ2) is 4.60. The highest BCUT2D eigenvalue weighted by Crippen LogP contribution is 2.66. The van der Waals surface area contributed by atoms with Crippen molar-refractivity contribution in [3.05, 3.63) is 29.3 Å². The Balaban J connectivity index is 1.78. The first-order valence-corrected chi connectivity index (χ1v) is 9.22. The van der Waals surface area contributed by atoms with Crippen LogP contribution in [0.15, 0.2) is 18.2 Å². The number of hydrogen-bond donors (Lipinski definition) is 2. The van der Waals surface area contributed by atoms with Crippen LogP contribution < -0.4 is 0 Å². The van der Waals surface area contributed by atoms with E-state index in [2.05, 4.69) is 35.6 Å². The molecule has 4 rings (SSSR count). The van der Waals surface area contributed by atoms with Gasteiger partial charge >= 0.3 is 0 Å². The van der Waals surface area contributed by atoms with Crippen LogP contribution in [0.1, 0.15) is 56.1 Å². The summed E-state index contributed by atoms with van der Waals surface area (Å²) in [5, 5.41) is 20.2. The second-order valence-corrected chi connectivity index (χ2v) is 9.56. The minimum Gasteiger partial charge on any atom is -0.508 e. The number of fused-ring (bicyclic) bond motifs is 5. The smallest absolute Gasteiger partial charge is 0.115 e. The van der Waals surface area contributed by atoms with Gasteiger partial charge in [0.2, 0.25) is 0 Å². The van der Waals surface area contributed by atoms with Gasteiger partial charge in [-0.2, -0.15) is 0 Å². The monoisotopic (exact) mass is 398 g/mol. The van der Waals surface area contributed by atoms with E-state index in [1.807, 2.05) is 12.1 Å². The Morgan fingerprint density at radius 3 is 2.81 bits per heavy atom. The molecule has 2 saturated carbocycles. The molecule has 2 N–H and O–H groups in total. The number of halogens is 1. The minimum atomic E-state index is -0.115. The molecule has 3 aliphatic rings. The molecule has 0 amide bonds. The molecule has 5 atom stereocenters. The molecule has 3 aliphatic carbocycles. The molecule has 2 nitrogen and oxygen atoms in total. The fourth-order valence-electron chi connectivity index (χ4n) is 5.52. The van der Waals surface area contributed by atoms with Gasteiger partial charge in [-0.05, 0) is 79.0 Å². The number of aliphatic hydroxyl groups is 1. The van der Waals surface area contributed by atoms with Gasteiger partial charge in [0.1, 0.15) is 5.75 Å². The third kappa shape index (κ3) is 1.86. The van der Waals surface area contributed by atoms with Crippen molar-refractivity contribution in [1.29, 1.82) is 0 Å². The molecule has 0 radical (unpaired) electrons. The second-order valence-electron chi connectivity index (χ2n) is 7.55. The predicted octanol–water partition coefficient (Wildman–Crippen LogP) is 4.17. The summed E-state index contributed by atoms with van der Waals surface area (Å²) in [7, 11) is 0. The molecule has 0 spiro atoms. The number of aromatic hydroxyl groups is 1. The number of aryl methyl sites for hydroxylation is 1. The highest BCUT2D eigenvalue weighted by atomic mass is 127. The average Bonchev–Trinajstić information content (AvgIpc) is 2.75. The highest BCUT2D eigenvalue weighted by molar-refractivity contribution is 14.1. The van der Waals surface area contributed by atoms with Crippen LogP contribution in [0.2, 0.25) is 0 Å². The Bertz CT molecular complexity index is 587. The molecule has 114 valence electrons. The molecule has 0 aliphatic heterocycles. The molecule has 1 aromatic carbocycles. The number of benzene rings is 1. The normalized spacial score (nSPS) is 44.8. The van der Waals surface area contributed by atoms with Gasteiger partial charge in [-0.1, -0.05) is 35.6 Å². The molecule has 3 heteroatoms. The largest absolute Gasteiger partial charge is 0.508 e. The van der Waals surface area contributed by atoms with Crippen molar-refractivity contribution in [1.82, 2.24) is 0 Å². The highest BCUT2D eigenvalue weighted by Gasteiger charge is 2.60. The van der Waals surface area contributed by atoms with E-state index >= 15 is 0 Å². The summed E-state index contributed by atoms with van der Waals surface area (Å²) in [5.74, 6) is 1.61. The SMILES string of the molecule is C[C@]12CC[C@@H]3c4ccc(O)cc4CC[C@@]3(I)[C@@H]1CC[C@@H]2O. The molecule has 0 heterocycles. The number of alkyl halides is 1.